The molecule has 0 aromatic heterocycles. The van der Waals surface area contributed by atoms with E-state index in [9.17, 15) is 0 Å². The van der Waals surface area contributed by atoms with Gasteiger partial charge in [0.2, 0.25) is 0 Å². The quantitative estimate of drug-likeness (QED) is 0.805. The second kappa shape index (κ2) is 5.90. The zero-order valence-electron chi connectivity index (χ0n) is 13.9. The lowest BCUT2D eigenvalue weighted by molar-refractivity contribution is 0.220. The predicted octanol–water partition coefficient (Wildman–Crippen LogP) is 4.70. The number of rotatable bonds is 1. The van der Waals surface area contributed by atoms with Gasteiger partial charge in [-0.15, -0.1) is 0 Å². The first-order chi connectivity index (χ1) is 10.1. The summed E-state index contributed by atoms with van der Waals surface area (Å²) >= 11 is 0. The van der Waals surface area contributed by atoms with E-state index < -0.39 is 0 Å². The smallest absolute Gasteiger partial charge is 0.0610 e. The fourth-order valence-electron chi connectivity index (χ4n) is 3.96. The Labute approximate surface area is 129 Å². The molecule has 0 amide bonds. The fraction of sp³-hybridized carbons (Fsp3) is 0.684. The van der Waals surface area contributed by atoms with Crippen molar-refractivity contribution in [1.29, 1.82) is 0 Å². The van der Waals surface area contributed by atoms with Crippen LogP contribution in [0.15, 0.2) is 18.2 Å². The Balaban J connectivity index is 1.79. The van der Waals surface area contributed by atoms with Gasteiger partial charge in [0.25, 0.3) is 0 Å². The summed E-state index contributed by atoms with van der Waals surface area (Å²) in [5.41, 5.74) is 4.82. The fourth-order valence-corrected chi connectivity index (χ4v) is 3.96. The van der Waals surface area contributed by atoms with Gasteiger partial charge in [-0.05, 0) is 55.1 Å². The van der Waals surface area contributed by atoms with Crippen LogP contribution in [0.4, 0.5) is 11.4 Å². The van der Waals surface area contributed by atoms with Crippen LogP contribution in [0.25, 0.3) is 0 Å². The number of fused-ring (bicyclic) bond motifs is 1. The predicted molar refractivity (Wildman–Crippen MR) is 92.3 cm³/mol. The molecule has 1 aromatic rings. The van der Waals surface area contributed by atoms with Crippen molar-refractivity contribution in [3.63, 3.8) is 0 Å². The molecule has 1 aromatic carbocycles. The molecule has 0 saturated carbocycles. The van der Waals surface area contributed by atoms with Crippen molar-refractivity contribution in [2.24, 2.45) is 11.3 Å². The van der Waals surface area contributed by atoms with Crippen LogP contribution < -0.4 is 10.2 Å². The van der Waals surface area contributed by atoms with Gasteiger partial charge in [-0.25, -0.2) is 0 Å². The summed E-state index contributed by atoms with van der Waals surface area (Å²) in [4.78, 5) is 2.63. The average molecular weight is 286 g/mol. The van der Waals surface area contributed by atoms with E-state index in [1.54, 1.807) is 0 Å². The maximum Gasteiger partial charge on any atom is 0.0610 e. The second-order valence-electron chi connectivity index (χ2n) is 7.82. The Morgan fingerprint density at radius 3 is 2.76 bits per heavy atom. The van der Waals surface area contributed by atoms with Crippen LogP contribution in [0, 0.1) is 11.3 Å². The number of nitrogens with zero attached hydrogens (tertiary/aromatic N) is 1. The van der Waals surface area contributed by atoms with Crippen molar-refractivity contribution in [1.82, 2.24) is 0 Å². The summed E-state index contributed by atoms with van der Waals surface area (Å²) in [6.45, 7) is 10.8. The highest BCUT2D eigenvalue weighted by Crippen LogP contribution is 2.38. The molecule has 1 atom stereocenters. The van der Waals surface area contributed by atoms with Gasteiger partial charge in [0.05, 0.1) is 11.4 Å². The molecule has 116 valence electrons. The lowest BCUT2D eigenvalue weighted by Gasteiger charge is -2.31. The lowest BCUT2D eigenvalue weighted by Crippen LogP contribution is -2.27. The molecular weight excluding hydrogens is 256 g/mol. The molecule has 0 aliphatic carbocycles. The second-order valence-corrected chi connectivity index (χ2v) is 7.82. The van der Waals surface area contributed by atoms with E-state index >= 15 is 0 Å². The van der Waals surface area contributed by atoms with E-state index in [0.717, 1.165) is 12.5 Å². The van der Waals surface area contributed by atoms with Gasteiger partial charge in [-0.3, -0.25) is 0 Å². The minimum absolute atomic E-state index is 0.449. The molecule has 3 rings (SSSR count). The van der Waals surface area contributed by atoms with Crippen molar-refractivity contribution in [2.75, 3.05) is 29.9 Å². The highest BCUT2D eigenvalue weighted by Gasteiger charge is 2.28. The highest BCUT2D eigenvalue weighted by molar-refractivity contribution is 5.74. The van der Waals surface area contributed by atoms with Crippen LogP contribution in [0.1, 0.15) is 52.0 Å². The summed E-state index contributed by atoms with van der Waals surface area (Å²) in [5.74, 6) is 0.856. The number of aryl methyl sites for hydroxylation is 1. The summed E-state index contributed by atoms with van der Waals surface area (Å²) < 4.78 is 0. The van der Waals surface area contributed by atoms with Crippen LogP contribution in [-0.4, -0.2) is 19.6 Å². The standard InChI is InChI=1S/C19H30N2/c1-19(2,3)16-9-6-13-21(14-11-16)17-10-4-7-15-8-5-12-20-18(15)17/h4,7,10,16,20H,5-6,8-9,11-14H2,1-3H3. The number of nitrogens with one attached hydrogen (secondary N) is 1. The van der Waals surface area contributed by atoms with E-state index in [-0.39, 0.29) is 0 Å². The summed E-state index contributed by atoms with van der Waals surface area (Å²) in [6, 6.07) is 6.85. The van der Waals surface area contributed by atoms with Crippen molar-refractivity contribution in [3.05, 3.63) is 23.8 Å². The molecule has 2 heterocycles. The Morgan fingerprint density at radius 1 is 1.10 bits per heavy atom. The van der Waals surface area contributed by atoms with Gasteiger partial charge in [-0.1, -0.05) is 32.9 Å². The van der Waals surface area contributed by atoms with Gasteiger partial charge in [0, 0.05) is 19.6 Å². The largest absolute Gasteiger partial charge is 0.383 e. The Bertz CT molecular complexity index is 487. The lowest BCUT2D eigenvalue weighted by atomic mass is 9.77. The van der Waals surface area contributed by atoms with Crippen molar-refractivity contribution < 1.29 is 0 Å². The molecule has 1 unspecified atom stereocenters. The Morgan fingerprint density at radius 2 is 1.95 bits per heavy atom. The van der Waals surface area contributed by atoms with E-state index in [2.05, 4.69) is 49.2 Å². The molecule has 0 radical (unpaired) electrons. The van der Waals surface area contributed by atoms with E-state index in [4.69, 9.17) is 0 Å². The SMILES string of the molecule is CC(C)(C)C1CCCN(c2cccc3c2NCCC3)CC1. The molecule has 1 saturated heterocycles. The van der Waals surface area contributed by atoms with Gasteiger partial charge in [0.15, 0.2) is 0 Å². The number of hydrogen-bond donors (Lipinski definition) is 1. The first-order valence-corrected chi connectivity index (χ1v) is 8.66. The molecule has 0 bridgehead atoms. The number of hydrogen-bond acceptors (Lipinski definition) is 2. The van der Waals surface area contributed by atoms with E-state index in [1.807, 2.05) is 0 Å². The van der Waals surface area contributed by atoms with Gasteiger partial charge < -0.3 is 10.2 Å². The summed E-state index contributed by atoms with van der Waals surface area (Å²) in [6.07, 6.45) is 6.53. The monoisotopic (exact) mass is 286 g/mol. The topological polar surface area (TPSA) is 15.3 Å². The highest BCUT2D eigenvalue weighted by atomic mass is 15.1. The normalized spacial score (nSPS) is 23.2. The molecular formula is C19H30N2. The van der Waals surface area contributed by atoms with Crippen LogP contribution in [-0.2, 0) is 6.42 Å². The first-order valence-electron chi connectivity index (χ1n) is 8.66. The molecule has 2 heteroatoms. The molecule has 21 heavy (non-hydrogen) atoms. The van der Waals surface area contributed by atoms with Gasteiger partial charge in [0.1, 0.15) is 0 Å². The maximum atomic E-state index is 3.65. The average Bonchev–Trinajstić information content (AvgIpc) is 2.72. The molecule has 0 spiro atoms. The third kappa shape index (κ3) is 3.20. The third-order valence-corrected chi connectivity index (χ3v) is 5.35. The van der Waals surface area contributed by atoms with Gasteiger partial charge >= 0.3 is 0 Å². The van der Waals surface area contributed by atoms with Crippen molar-refractivity contribution >= 4 is 11.4 Å². The summed E-state index contributed by atoms with van der Waals surface area (Å²) in [7, 11) is 0. The molecule has 2 aliphatic rings. The Hall–Kier alpha value is -1.18. The Kier molecular flexibility index (Phi) is 4.14. The van der Waals surface area contributed by atoms with Crippen LogP contribution in [0.3, 0.4) is 0 Å². The molecule has 2 nitrogen and oxygen atoms in total. The molecule has 1 N–H and O–H groups in total. The minimum Gasteiger partial charge on any atom is -0.383 e. The zero-order chi connectivity index (χ0) is 14.9. The first kappa shape index (κ1) is 14.7. The molecule has 1 fully saturated rings. The number of benzene rings is 1. The number of anilines is 2. The van der Waals surface area contributed by atoms with Crippen LogP contribution in [0.2, 0.25) is 0 Å². The maximum absolute atomic E-state index is 3.65. The van der Waals surface area contributed by atoms with E-state index in [1.165, 1.54) is 62.1 Å². The minimum atomic E-state index is 0.449. The van der Waals surface area contributed by atoms with Gasteiger partial charge in [-0.2, -0.15) is 0 Å². The van der Waals surface area contributed by atoms with Crippen LogP contribution >= 0.6 is 0 Å². The van der Waals surface area contributed by atoms with Crippen molar-refractivity contribution in [3.8, 4) is 0 Å². The molecule has 2 aliphatic heterocycles. The zero-order valence-corrected chi connectivity index (χ0v) is 13.9. The van der Waals surface area contributed by atoms with Crippen LogP contribution in [0.5, 0.6) is 0 Å². The number of para-hydroxylation sites is 1. The van der Waals surface area contributed by atoms with E-state index in [0.29, 0.717) is 5.41 Å². The van der Waals surface area contributed by atoms with Crippen molar-refractivity contribution in [2.45, 2.75) is 52.9 Å². The summed E-state index contributed by atoms with van der Waals surface area (Å²) in [5, 5.41) is 3.65. The third-order valence-electron chi connectivity index (χ3n) is 5.35.